The van der Waals surface area contributed by atoms with Gasteiger partial charge >= 0.3 is 16.6 Å². The van der Waals surface area contributed by atoms with Gasteiger partial charge in [0.05, 0.1) is 14.2 Å². The van der Waals surface area contributed by atoms with Crippen LogP contribution in [-0.2, 0) is 15.9 Å². The minimum Gasteiger partial charge on any atom is -0.491 e. The number of rotatable bonds is 3. The summed E-state index contributed by atoms with van der Waals surface area (Å²) in [6.07, 6.45) is 0. The molecule has 0 aliphatic carbocycles. The van der Waals surface area contributed by atoms with Crippen LogP contribution in [0.1, 0.15) is 0 Å². The van der Waals surface area contributed by atoms with Crippen molar-refractivity contribution in [3.8, 4) is 11.5 Å². The third-order valence-corrected chi connectivity index (χ3v) is 2.03. The predicted molar refractivity (Wildman–Crippen MR) is 45.9 cm³/mol. The molecule has 0 amide bonds. The molecule has 0 aromatic heterocycles. The lowest BCUT2D eigenvalue weighted by Crippen LogP contribution is -1.91. The number of methoxy groups -OCH3 is 2. The molecule has 0 heterocycles. The molecule has 64 valence electrons. The van der Waals surface area contributed by atoms with Gasteiger partial charge in [0.15, 0.2) is 11.5 Å². The fraction of sp³-hybridized carbons (Fsp3) is 0.250. The van der Waals surface area contributed by atoms with E-state index in [0.717, 1.165) is 0 Å². The maximum Gasteiger partial charge on any atom is 0.513 e. The molecule has 0 unspecified atom stereocenters. The molecule has 0 fully saturated rings. The first-order valence-corrected chi connectivity index (χ1v) is 4.08. The van der Waals surface area contributed by atoms with Crippen molar-refractivity contribution >= 4 is 11.7 Å². The van der Waals surface area contributed by atoms with Crippen LogP contribution >= 0.6 is 0 Å². The Labute approximate surface area is 74.8 Å². The maximum atomic E-state index is 10.6. The summed E-state index contributed by atoms with van der Waals surface area (Å²) in [6, 6.07) is 5.23. The van der Waals surface area contributed by atoms with Crippen molar-refractivity contribution in [2.45, 2.75) is 4.90 Å². The highest BCUT2D eigenvalue weighted by molar-refractivity contribution is 7.65. The van der Waals surface area contributed by atoms with Gasteiger partial charge in [0.1, 0.15) is 0 Å². The van der Waals surface area contributed by atoms with Crippen molar-refractivity contribution in [3.05, 3.63) is 18.2 Å². The van der Waals surface area contributed by atoms with Crippen molar-refractivity contribution in [1.29, 1.82) is 0 Å². The lowest BCUT2D eigenvalue weighted by atomic mass is 10.3. The van der Waals surface area contributed by atoms with Gasteiger partial charge in [-0.05, 0) is 12.1 Å². The smallest absolute Gasteiger partial charge is 0.491 e. The molecule has 0 radical (unpaired) electrons. The fourth-order valence-electron chi connectivity index (χ4n) is 0.899. The normalized spacial score (nSPS) is 9.17. The van der Waals surface area contributed by atoms with Crippen molar-refractivity contribution in [3.63, 3.8) is 0 Å². The standard InChI is InChI=1S/C8H9O3S/c1-10-6-4-3-5-7(11-2)8(6)12-9/h3-5H,1-2H3/q+1. The van der Waals surface area contributed by atoms with Gasteiger partial charge < -0.3 is 9.47 Å². The molecule has 0 spiro atoms. The number of hydrogen-bond acceptors (Lipinski definition) is 3. The van der Waals surface area contributed by atoms with Crippen molar-refractivity contribution < 1.29 is 13.7 Å². The van der Waals surface area contributed by atoms with Gasteiger partial charge in [-0.1, -0.05) is 6.07 Å². The topological polar surface area (TPSA) is 35.5 Å². The summed E-state index contributed by atoms with van der Waals surface area (Å²) in [6.45, 7) is 0. The van der Waals surface area contributed by atoms with Crippen LogP contribution in [0.25, 0.3) is 0 Å². The van der Waals surface area contributed by atoms with Gasteiger partial charge in [-0.25, -0.2) is 0 Å². The molecular formula is C8H9O3S+. The highest BCUT2D eigenvalue weighted by Gasteiger charge is 2.21. The molecule has 0 saturated carbocycles. The van der Waals surface area contributed by atoms with Gasteiger partial charge in [-0.3, -0.25) is 0 Å². The monoisotopic (exact) mass is 185 g/mol. The minimum absolute atomic E-state index is 0.371. The molecule has 0 N–H and O–H groups in total. The Morgan fingerprint density at radius 3 is 2.00 bits per heavy atom. The average Bonchev–Trinajstić information content (AvgIpc) is 2.16. The average molecular weight is 185 g/mol. The number of benzene rings is 1. The van der Waals surface area contributed by atoms with Crippen molar-refractivity contribution in [2.75, 3.05) is 14.2 Å². The summed E-state index contributed by atoms with van der Waals surface area (Å²) in [4.78, 5) is 0.488. The van der Waals surface area contributed by atoms with Crippen molar-refractivity contribution in [1.82, 2.24) is 0 Å². The van der Waals surface area contributed by atoms with Gasteiger partial charge in [-0.2, -0.15) is 0 Å². The third-order valence-electron chi connectivity index (χ3n) is 1.47. The second-order valence-corrected chi connectivity index (χ2v) is 2.65. The minimum atomic E-state index is 0.371. The zero-order valence-electron chi connectivity index (χ0n) is 6.87. The number of hydrogen-bond donors (Lipinski definition) is 0. The van der Waals surface area contributed by atoms with E-state index in [0.29, 0.717) is 28.1 Å². The summed E-state index contributed by atoms with van der Waals surface area (Å²) >= 11 is 0.371. The van der Waals surface area contributed by atoms with Crippen LogP contribution in [0.4, 0.5) is 0 Å². The van der Waals surface area contributed by atoms with Crippen LogP contribution in [0.15, 0.2) is 23.1 Å². The molecule has 12 heavy (non-hydrogen) atoms. The van der Waals surface area contributed by atoms with Crippen LogP contribution < -0.4 is 9.47 Å². The van der Waals surface area contributed by atoms with E-state index >= 15 is 0 Å². The quantitative estimate of drug-likeness (QED) is 0.669. The molecule has 1 rings (SSSR count). The van der Waals surface area contributed by atoms with Crippen molar-refractivity contribution in [2.24, 2.45) is 0 Å². The Bertz CT molecular complexity index is 263. The highest BCUT2D eigenvalue weighted by Crippen LogP contribution is 2.27. The van der Waals surface area contributed by atoms with Crippen LogP contribution in [0.2, 0.25) is 0 Å². The van der Waals surface area contributed by atoms with E-state index in [1.54, 1.807) is 18.2 Å². The SMILES string of the molecule is COc1cccc(OC)c1[S+]=O. The van der Waals surface area contributed by atoms with Crippen LogP contribution in [0.5, 0.6) is 11.5 Å². The summed E-state index contributed by atoms with van der Waals surface area (Å²) in [7, 11) is 3.04. The van der Waals surface area contributed by atoms with E-state index in [2.05, 4.69) is 0 Å². The predicted octanol–water partition coefficient (Wildman–Crippen LogP) is 1.49. The van der Waals surface area contributed by atoms with Gasteiger partial charge in [0.25, 0.3) is 0 Å². The maximum absolute atomic E-state index is 10.6. The first-order valence-electron chi connectivity index (χ1n) is 3.34. The number of ether oxygens (including phenoxy) is 2. The largest absolute Gasteiger partial charge is 0.513 e. The summed E-state index contributed by atoms with van der Waals surface area (Å²) in [5.74, 6) is 1.10. The molecule has 1 aromatic carbocycles. The Balaban J connectivity index is 3.21. The summed E-state index contributed by atoms with van der Waals surface area (Å²) in [5, 5.41) is 0. The highest BCUT2D eigenvalue weighted by atomic mass is 32.1. The third kappa shape index (κ3) is 1.53. The van der Waals surface area contributed by atoms with Gasteiger partial charge in [0.2, 0.25) is 0 Å². The molecule has 0 aliphatic heterocycles. The van der Waals surface area contributed by atoms with Crippen LogP contribution in [0.3, 0.4) is 0 Å². The zero-order chi connectivity index (χ0) is 8.97. The van der Waals surface area contributed by atoms with E-state index in [-0.39, 0.29) is 0 Å². The molecule has 3 nitrogen and oxygen atoms in total. The molecule has 0 atom stereocenters. The van der Waals surface area contributed by atoms with Gasteiger partial charge in [-0.15, -0.1) is 0 Å². The molecule has 0 bridgehead atoms. The summed E-state index contributed by atoms with van der Waals surface area (Å²) < 4.78 is 20.6. The summed E-state index contributed by atoms with van der Waals surface area (Å²) in [5.41, 5.74) is 0. The van der Waals surface area contributed by atoms with E-state index in [4.69, 9.17) is 9.47 Å². The molecule has 0 saturated heterocycles. The first-order chi connectivity index (χ1) is 5.83. The van der Waals surface area contributed by atoms with E-state index < -0.39 is 0 Å². The fourth-order valence-corrected chi connectivity index (χ4v) is 1.37. The Kier molecular flexibility index (Phi) is 2.99. The second-order valence-electron chi connectivity index (χ2n) is 2.07. The Morgan fingerprint density at radius 2 is 1.67 bits per heavy atom. The first kappa shape index (κ1) is 8.93. The molecule has 1 aromatic rings. The zero-order valence-corrected chi connectivity index (χ0v) is 7.68. The van der Waals surface area contributed by atoms with Gasteiger partial charge in [0, 0.05) is 4.21 Å². The van der Waals surface area contributed by atoms with E-state index in [1.165, 1.54) is 14.2 Å². The van der Waals surface area contributed by atoms with E-state index in [1.807, 2.05) is 0 Å². The molecular weight excluding hydrogens is 176 g/mol. The Morgan fingerprint density at radius 1 is 1.17 bits per heavy atom. The molecule has 0 aliphatic rings. The lowest BCUT2D eigenvalue weighted by molar-refractivity contribution is 0.375. The van der Waals surface area contributed by atoms with Crippen LogP contribution in [-0.4, -0.2) is 14.2 Å². The van der Waals surface area contributed by atoms with E-state index in [9.17, 15) is 4.21 Å². The molecule has 4 heteroatoms. The second kappa shape index (κ2) is 4.01. The van der Waals surface area contributed by atoms with Crippen LogP contribution in [0, 0.1) is 0 Å². The lowest BCUT2D eigenvalue weighted by Gasteiger charge is -1.99. The Hall–Kier alpha value is -1.16.